The zero-order chi connectivity index (χ0) is 13.1. The fourth-order valence-electron chi connectivity index (χ4n) is 1.30. The van der Waals surface area contributed by atoms with Gasteiger partial charge in [0, 0.05) is 5.56 Å². The molecule has 1 aromatic carbocycles. The van der Waals surface area contributed by atoms with Crippen LogP contribution in [0.15, 0.2) is 41.0 Å². The lowest BCUT2D eigenvalue weighted by atomic mass is 10.2. The predicted octanol–water partition coefficient (Wildman–Crippen LogP) is 3.89. The van der Waals surface area contributed by atoms with Gasteiger partial charge in [-0.2, -0.15) is 0 Å². The number of hydrogen-bond donors (Lipinski definition) is 1. The van der Waals surface area contributed by atoms with Crippen LogP contribution >= 0.6 is 27.5 Å². The number of anilines is 1. The van der Waals surface area contributed by atoms with Crippen molar-refractivity contribution >= 4 is 39.3 Å². The minimum absolute atomic E-state index is 0.0927. The van der Waals surface area contributed by atoms with Gasteiger partial charge in [0.1, 0.15) is 16.2 Å². The van der Waals surface area contributed by atoms with Crippen molar-refractivity contribution in [3.05, 3.63) is 57.4 Å². The number of carbonyl (C=O) groups is 1. The Morgan fingerprint density at radius 2 is 2.11 bits per heavy atom. The Hall–Kier alpha value is -1.46. The van der Waals surface area contributed by atoms with E-state index in [-0.39, 0.29) is 10.6 Å². The van der Waals surface area contributed by atoms with E-state index in [4.69, 9.17) is 11.6 Å². The number of halogens is 3. The van der Waals surface area contributed by atoms with Crippen LogP contribution in [0.3, 0.4) is 0 Å². The molecular formula is C12H7BrClFN2O. The Morgan fingerprint density at radius 1 is 1.33 bits per heavy atom. The van der Waals surface area contributed by atoms with Gasteiger partial charge in [0.25, 0.3) is 5.91 Å². The average molecular weight is 330 g/mol. The number of aromatic nitrogens is 1. The van der Waals surface area contributed by atoms with Gasteiger partial charge in [-0.15, -0.1) is 0 Å². The number of carbonyl (C=O) groups excluding carboxylic acids is 1. The summed E-state index contributed by atoms with van der Waals surface area (Å²) in [6.45, 7) is 0. The highest BCUT2D eigenvalue weighted by Crippen LogP contribution is 2.17. The summed E-state index contributed by atoms with van der Waals surface area (Å²) in [5, 5.41) is 2.49. The van der Waals surface area contributed by atoms with Crippen molar-refractivity contribution in [1.29, 1.82) is 0 Å². The van der Waals surface area contributed by atoms with Crippen LogP contribution in [0.4, 0.5) is 10.2 Å². The second-order valence-electron chi connectivity index (χ2n) is 3.43. The van der Waals surface area contributed by atoms with Gasteiger partial charge in [-0.3, -0.25) is 4.79 Å². The van der Waals surface area contributed by atoms with E-state index in [1.807, 2.05) is 0 Å². The standard InChI is InChI=1S/C12H7BrClFN2O/c13-10-2-1-3-11(16-10)17-12(18)7-4-5-9(15)8(14)6-7/h1-6H,(H,16,17,18). The SMILES string of the molecule is O=C(Nc1cccc(Br)n1)c1ccc(F)c(Cl)c1. The van der Waals surface area contributed by atoms with Gasteiger partial charge < -0.3 is 5.32 Å². The fourth-order valence-corrected chi connectivity index (χ4v) is 1.83. The second kappa shape index (κ2) is 5.46. The monoisotopic (exact) mass is 328 g/mol. The van der Waals surface area contributed by atoms with Crippen molar-refractivity contribution in [2.24, 2.45) is 0 Å². The Kier molecular flexibility index (Phi) is 3.93. The molecule has 0 aliphatic carbocycles. The first kappa shape index (κ1) is 13.0. The van der Waals surface area contributed by atoms with E-state index >= 15 is 0 Å². The molecule has 0 fully saturated rings. The molecule has 18 heavy (non-hydrogen) atoms. The molecule has 0 aliphatic rings. The zero-order valence-corrected chi connectivity index (χ0v) is 11.3. The highest BCUT2D eigenvalue weighted by molar-refractivity contribution is 9.10. The van der Waals surface area contributed by atoms with Gasteiger partial charge in [0.05, 0.1) is 5.02 Å². The highest BCUT2D eigenvalue weighted by atomic mass is 79.9. The molecule has 1 amide bonds. The normalized spacial score (nSPS) is 10.2. The summed E-state index contributed by atoms with van der Waals surface area (Å²) in [6.07, 6.45) is 0. The minimum Gasteiger partial charge on any atom is -0.307 e. The molecule has 0 aliphatic heterocycles. The van der Waals surface area contributed by atoms with Crippen molar-refractivity contribution in [3.63, 3.8) is 0 Å². The Labute approximate surface area is 116 Å². The molecule has 1 aromatic heterocycles. The molecule has 0 unspecified atom stereocenters. The van der Waals surface area contributed by atoms with Crippen LogP contribution in [0.2, 0.25) is 5.02 Å². The summed E-state index contributed by atoms with van der Waals surface area (Å²) in [7, 11) is 0. The summed E-state index contributed by atoms with van der Waals surface area (Å²) in [4.78, 5) is 15.9. The smallest absolute Gasteiger partial charge is 0.256 e. The topological polar surface area (TPSA) is 42.0 Å². The van der Waals surface area contributed by atoms with E-state index in [0.29, 0.717) is 10.4 Å². The zero-order valence-electron chi connectivity index (χ0n) is 8.95. The first-order chi connectivity index (χ1) is 8.56. The molecule has 0 spiro atoms. The van der Waals surface area contributed by atoms with Crippen molar-refractivity contribution in [3.8, 4) is 0 Å². The van der Waals surface area contributed by atoms with Crippen LogP contribution in [-0.4, -0.2) is 10.9 Å². The van der Waals surface area contributed by atoms with Gasteiger partial charge in [0.15, 0.2) is 0 Å². The van der Waals surface area contributed by atoms with Gasteiger partial charge in [-0.25, -0.2) is 9.37 Å². The maximum absolute atomic E-state index is 13.0. The van der Waals surface area contributed by atoms with E-state index in [2.05, 4.69) is 26.2 Å². The number of benzene rings is 1. The van der Waals surface area contributed by atoms with Crippen LogP contribution in [0.1, 0.15) is 10.4 Å². The Balaban J connectivity index is 2.19. The lowest BCUT2D eigenvalue weighted by Crippen LogP contribution is -2.13. The molecule has 0 bridgehead atoms. The van der Waals surface area contributed by atoms with Crippen LogP contribution in [0.25, 0.3) is 0 Å². The average Bonchev–Trinajstić information content (AvgIpc) is 2.32. The maximum atomic E-state index is 13.0. The molecule has 0 saturated carbocycles. The summed E-state index contributed by atoms with van der Waals surface area (Å²) in [6, 6.07) is 8.90. The van der Waals surface area contributed by atoms with E-state index < -0.39 is 11.7 Å². The molecule has 2 rings (SSSR count). The molecule has 1 N–H and O–H groups in total. The van der Waals surface area contributed by atoms with Crippen molar-refractivity contribution in [2.75, 3.05) is 5.32 Å². The van der Waals surface area contributed by atoms with Crippen molar-refractivity contribution in [2.45, 2.75) is 0 Å². The van der Waals surface area contributed by atoms with Crippen molar-refractivity contribution < 1.29 is 9.18 Å². The summed E-state index contributed by atoms with van der Waals surface area (Å²) >= 11 is 8.80. The van der Waals surface area contributed by atoms with E-state index in [1.54, 1.807) is 18.2 Å². The Bertz CT molecular complexity index is 606. The molecule has 0 radical (unpaired) electrons. The number of amides is 1. The third-order valence-corrected chi connectivity index (χ3v) is 2.87. The number of rotatable bonds is 2. The first-order valence-electron chi connectivity index (χ1n) is 4.95. The van der Waals surface area contributed by atoms with Gasteiger partial charge in [-0.1, -0.05) is 17.7 Å². The highest BCUT2D eigenvalue weighted by Gasteiger charge is 2.09. The van der Waals surface area contributed by atoms with Gasteiger partial charge in [-0.05, 0) is 46.3 Å². The summed E-state index contributed by atoms with van der Waals surface area (Å²) < 4.78 is 13.6. The predicted molar refractivity (Wildman–Crippen MR) is 71.3 cm³/mol. The van der Waals surface area contributed by atoms with Crippen LogP contribution in [0.5, 0.6) is 0 Å². The quantitative estimate of drug-likeness (QED) is 0.849. The molecule has 92 valence electrons. The third kappa shape index (κ3) is 3.05. The Morgan fingerprint density at radius 3 is 2.78 bits per heavy atom. The van der Waals surface area contributed by atoms with Crippen LogP contribution in [-0.2, 0) is 0 Å². The number of nitrogens with one attached hydrogen (secondary N) is 1. The molecule has 0 atom stereocenters. The summed E-state index contributed by atoms with van der Waals surface area (Å²) in [5.74, 6) is -0.564. The number of pyridine rings is 1. The van der Waals surface area contributed by atoms with E-state index in [1.165, 1.54) is 12.1 Å². The van der Waals surface area contributed by atoms with Crippen LogP contribution in [0, 0.1) is 5.82 Å². The van der Waals surface area contributed by atoms with E-state index in [0.717, 1.165) is 6.07 Å². The molecule has 1 heterocycles. The number of hydrogen-bond acceptors (Lipinski definition) is 2. The maximum Gasteiger partial charge on any atom is 0.256 e. The lowest BCUT2D eigenvalue weighted by Gasteiger charge is -2.05. The van der Waals surface area contributed by atoms with Gasteiger partial charge in [0.2, 0.25) is 0 Å². The molecule has 0 saturated heterocycles. The van der Waals surface area contributed by atoms with E-state index in [9.17, 15) is 9.18 Å². The fraction of sp³-hybridized carbons (Fsp3) is 0. The molecule has 3 nitrogen and oxygen atoms in total. The summed E-state index contributed by atoms with van der Waals surface area (Å²) in [5.41, 5.74) is 0.267. The third-order valence-electron chi connectivity index (χ3n) is 2.14. The second-order valence-corrected chi connectivity index (χ2v) is 4.65. The lowest BCUT2D eigenvalue weighted by molar-refractivity contribution is 0.102. The van der Waals surface area contributed by atoms with Crippen molar-refractivity contribution in [1.82, 2.24) is 4.98 Å². The minimum atomic E-state index is -0.561. The number of nitrogens with zero attached hydrogens (tertiary/aromatic N) is 1. The van der Waals surface area contributed by atoms with Crippen LogP contribution < -0.4 is 5.32 Å². The largest absolute Gasteiger partial charge is 0.307 e. The van der Waals surface area contributed by atoms with Gasteiger partial charge >= 0.3 is 0 Å². The molecule has 6 heteroatoms. The first-order valence-corrected chi connectivity index (χ1v) is 6.12. The molecular weight excluding hydrogens is 323 g/mol. The molecule has 2 aromatic rings.